The van der Waals surface area contributed by atoms with Gasteiger partial charge in [0.2, 0.25) is 0 Å². The van der Waals surface area contributed by atoms with E-state index < -0.39 is 17.7 Å². The van der Waals surface area contributed by atoms with Crippen LogP contribution in [0.3, 0.4) is 0 Å². The lowest BCUT2D eigenvalue weighted by Crippen LogP contribution is -2.49. The van der Waals surface area contributed by atoms with Crippen molar-refractivity contribution in [2.45, 2.75) is 32.4 Å². The highest BCUT2D eigenvalue weighted by Gasteiger charge is 2.27. The fourth-order valence-electron chi connectivity index (χ4n) is 3.08. The molecule has 0 spiro atoms. The van der Waals surface area contributed by atoms with Gasteiger partial charge in [0.05, 0.1) is 12.1 Å². The number of carbonyl (C=O) groups excluding carboxylic acids is 3. The smallest absolute Gasteiger partial charge is 0.327 e. The average molecular weight is 417 g/mol. The molecule has 0 unspecified atom stereocenters. The van der Waals surface area contributed by atoms with Crippen LogP contribution in [0.1, 0.15) is 34.3 Å². The Kier molecular flexibility index (Phi) is 5.79. The van der Waals surface area contributed by atoms with Crippen molar-refractivity contribution in [2.75, 3.05) is 0 Å². The number of hydrazine groups is 1. The maximum atomic E-state index is 12.8. The molecule has 1 fully saturated rings. The van der Waals surface area contributed by atoms with Crippen LogP contribution in [0.25, 0.3) is 11.3 Å². The highest BCUT2D eigenvalue weighted by molar-refractivity contribution is 6.35. The van der Waals surface area contributed by atoms with Gasteiger partial charge in [-0.15, -0.1) is 0 Å². The predicted octanol–water partition coefficient (Wildman–Crippen LogP) is 1.95. The summed E-state index contributed by atoms with van der Waals surface area (Å²) in [6.45, 7) is 2.47. The van der Waals surface area contributed by atoms with Crippen molar-refractivity contribution in [3.05, 3.63) is 77.5 Å². The first-order chi connectivity index (χ1) is 15.0. The normalized spacial score (nSPS) is 12.8. The van der Waals surface area contributed by atoms with Crippen LogP contribution in [0.5, 0.6) is 0 Å². The topological polar surface area (TPSA) is 105 Å². The second-order valence-electron chi connectivity index (χ2n) is 7.60. The van der Waals surface area contributed by atoms with E-state index in [4.69, 9.17) is 0 Å². The van der Waals surface area contributed by atoms with E-state index in [1.54, 1.807) is 10.9 Å². The molecule has 1 saturated carbocycles. The molecule has 0 aliphatic heterocycles. The van der Waals surface area contributed by atoms with Gasteiger partial charge in [-0.2, -0.15) is 5.10 Å². The zero-order chi connectivity index (χ0) is 21.8. The maximum absolute atomic E-state index is 12.8. The van der Waals surface area contributed by atoms with E-state index in [1.807, 2.05) is 61.5 Å². The number of rotatable bonds is 5. The van der Waals surface area contributed by atoms with Crippen LogP contribution in [0.2, 0.25) is 0 Å². The Balaban J connectivity index is 1.53. The van der Waals surface area contributed by atoms with Crippen LogP contribution in [0.15, 0.2) is 60.8 Å². The minimum Gasteiger partial charge on any atom is -0.345 e. The molecule has 8 heteroatoms. The molecule has 158 valence electrons. The molecular weight excluding hydrogens is 394 g/mol. The number of aromatic nitrogens is 2. The first-order valence-corrected chi connectivity index (χ1v) is 10.1. The SMILES string of the molecule is Cc1ccc(-c2nn(Cc3ccccc3)cc2C(=O)NNC(=O)C(=O)NC2CC2)cc1. The standard InChI is InChI=1S/C23H23N5O3/c1-15-7-9-17(10-8-15)20-19(14-28(27-20)13-16-5-3-2-4-6-16)21(29)25-26-23(31)22(30)24-18-11-12-18/h2-10,14,18H,11-13H2,1H3,(H,24,30)(H,25,29)(H,26,31). The number of amides is 3. The van der Waals surface area contributed by atoms with Gasteiger partial charge in [-0.05, 0) is 25.3 Å². The number of aryl methyl sites for hydroxylation is 1. The Bertz CT molecular complexity index is 1100. The molecule has 0 atom stereocenters. The number of benzene rings is 2. The van der Waals surface area contributed by atoms with E-state index in [9.17, 15) is 14.4 Å². The summed E-state index contributed by atoms with van der Waals surface area (Å²) in [6, 6.07) is 17.5. The lowest BCUT2D eigenvalue weighted by molar-refractivity contribution is -0.139. The van der Waals surface area contributed by atoms with Crippen molar-refractivity contribution in [1.82, 2.24) is 25.9 Å². The molecule has 4 rings (SSSR count). The third-order valence-corrected chi connectivity index (χ3v) is 4.93. The summed E-state index contributed by atoms with van der Waals surface area (Å²) in [4.78, 5) is 36.5. The van der Waals surface area contributed by atoms with Gasteiger partial charge in [0.25, 0.3) is 5.91 Å². The number of hydrogen-bond acceptors (Lipinski definition) is 4. The van der Waals surface area contributed by atoms with Gasteiger partial charge in [-0.1, -0.05) is 60.2 Å². The van der Waals surface area contributed by atoms with Crippen molar-refractivity contribution in [2.24, 2.45) is 0 Å². The lowest BCUT2D eigenvalue weighted by Gasteiger charge is -2.07. The molecule has 1 heterocycles. The Morgan fingerprint density at radius 3 is 2.35 bits per heavy atom. The molecule has 3 aromatic rings. The van der Waals surface area contributed by atoms with Crippen molar-refractivity contribution in [3.63, 3.8) is 0 Å². The van der Waals surface area contributed by atoms with E-state index in [2.05, 4.69) is 21.3 Å². The molecule has 0 bridgehead atoms. The van der Waals surface area contributed by atoms with Gasteiger partial charge in [-0.25, -0.2) is 0 Å². The van der Waals surface area contributed by atoms with Crippen molar-refractivity contribution in [1.29, 1.82) is 0 Å². The van der Waals surface area contributed by atoms with Crippen molar-refractivity contribution >= 4 is 17.7 Å². The molecule has 1 aliphatic carbocycles. The fraction of sp³-hybridized carbons (Fsp3) is 0.217. The molecule has 8 nitrogen and oxygen atoms in total. The highest BCUT2D eigenvalue weighted by atomic mass is 16.2. The molecular formula is C23H23N5O3. The van der Waals surface area contributed by atoms with E-state index in [-0.39, 0.29) is 6.04 Å². The minimum absolute atomic E-state index is 0.0540. The van der Waals surface area contributed by atoms with Crippen LogP contribution in [-0.2, 0) is 16.1 Å². The third-order valence-electron chi connectivity index (χ3n) is 4.93. The van der Waals surface area contributed by atoms with Gasteiger partial charge >= 0.3 is 11.8 Å². The molecule has 1 aromatic heterocycles. The van der Waals surface area contributed by atoms with Crippen LogP contribution in [0, 0.1) is 6.92 Å². The summed E-state index contributed by atoms with van der Waals surface area (Å²) < 4.78 is 1.68. The maximum Gasteiger partial charge on any atom is 0.327 e. The molecule has 0 saturated heterocycles. The number of carbonyl (C=O) groups is 3. The molecule has 31 heavy (non-hydrogen) atoms. The van der Waals surface area contributed by atoms with Crippen LogP contribution >= 0.6 is 0 Å². The van der Waals surface area contributed by atoms with Gasteiger partial charge in [0.1, 0.15) is 5.69 Å². The quantitative estimate of drug-likeness (QED) is 0.436. The minimum atomic E-state index is -0.909. The summed E-state index contributed by atoms with van der Waals surface area (Å²) in [5, 5.41) is 7.17. The third kappa shape index (κ3) is 5.16. The summed E-state index contributed by atoms with van der Waals surface area (Å²) in [7, 11) is 0. The van der Waals surface area contributed by atoms with Crippen LogP contribution < -0.4 is 16.2 Å². The molecule has 2 aromatic carbocycles. The monoisotopic (exact) mass is 417 g/mol. The Labute approximate surface area is 179 Å². The number of hydrogen-bond donors (Lipinski definition) is 3. The number of nitrogens with zero attached hydrogens (tertiary/aromatic N) is 2. The zero-order valence-corrected chi connectivity index (χ0v) is 17.1. The van der Waals surface area contributed by atoms with E-state index in [0.717, 1.165) is 29.5 Å². The van der Waals surface area contributed by atoms with Crippen molar-refractivity contribution < 1.29 is 14.4 Å². The Hall–Kier alpha value is -3.94. The molecule has 0 radical (unpaired) electrons. The second kappa shape index (κ2) is 8.83. The largest absolute Gasteiger partial charge is 0.345 e. The van der Waals surface area contributed by atoms with Crippen LogP contribution in [0.4, 0.5) is 0 Å². The number of nitrogens with one attached hydrogen (secondary N) is 3. The first kappa shape index (κ1) is 20.3. The predicted molar refractivity (Wildman–Crippen MR) is 115 cm³/mol. The van der Waals surface area contributed by atoms with Crippen molar-refractivity contribution in [3.8, 4) is 11.3 Å². The second-order valence-corrected chi connectivity index (χ2v) is 7.60. The summed E-state index contributed by atoms with van der Waals surface area (Å²) in [5.74, 6) is -2.22. The molecule has 3 amide bonds. The summed E-state index contributed by atoms with van der Waals surface area (Å²) in [5.41, 5.74) is 8.19. The van der Waals surface area contributed by atoms with Gasteiger partial charge in [0.15, 0.2) is 0 Å². The van der Waals surface area contributed by atoms with Gasteiger partial charge in [0, 0.05) is 17.8 Å². The summed E-state index contributed by atoms with van der Waals surface area (Å²) >= 11 is 0. The van der Waals surface area contributed by atoms with Gasteiger partial charge in [-0.3, -0.25) is 29.9 Å². The first-order valence-electron chi connectivity index (χ1n) is 10.1. The van der Waals surface area contributed by atoms with Crippen LogP contribution in [-0.4, -0.2) is 33.5 Å². The van der Waals surface area contributed by atoms with E-state index >= 15 is 0 Å². The Morgan fingerprint density at radius 2 is 1.68 bits per heavy atom. The fourth-order valence-corrected chi connectivity index (χ4v) is 3.08. The molecule has 1 aliphatic rings. The Morgan fingerprint density at radius 1 is 0.968 bits per heavy atom. The molecule has 3 N–H and O–H groups in total. The van der Waals surface area contributed by atoms with Gasteiger partial charge < -0.3 is 5.32 Å². The average Bonchev–Trinajstić information content (AvgIpc) is 3.49. The zero-order valence-electron chi connectivity index (χ0n) is 17.1. The lowest BCUT2D eigenvalue weighted by atomic mass is 10.1. The van der Waals surface area contributed by atoms with E-state index in [1.165, 1.54) is 0 Å². The summed E-state index contributed by atoms with van der Waals surface area (Å²) in [6.07, 6.45) is 3.37. The van der Waals surface area contributed by atoms with E-state index in [0.29, 0.717) is 17.8 Å². The highest BCUT2D eigenvalue weighted by Crippen LogP contribution is 2.23.